The smallest absolute Gasteiger partial charge is 0.206 e. The largest absolute Gasteiger partial charge is 0.400 e. The van der Waals surface area contributed by atoms with Gasteiger partial charge in [-0.25, -0.2) is 4.21 Å². The topological polar surface area (TPSA) is 26.3 Å². The highest BCUT2D eigenvalue weighted by atomic mass is 32.2. The van der Waals surface area contributed by atoms with Crippen LogP contribution in [0.2, 0.25) is 0 Å². The van der Waals surface area contributed by atoms with Crippen molar-refractivity contribution in [1.82, 2.24) is 0 Å². The van der Waals surface area contributed by atoms with Crippen LogP contribution in [0, 0.1) is 13.8 Å². The fourth-order valence-electron chi connectivity index (χ4n) is 2.49. The Bertz CT molecular complexity index is 642. The quantitative estimate of drug-likeness (QED) is 0.793. The lowest BCUT2D eigenvalue weighted by atomic mass is 9.99. The first kappa shape index (κ1) is 12.4. The molecule has 0 N–H and O–H groups in total. The van der Waals surface area contributed by atoms with Gasteiger partial charge in [-0.3, -0.25) is 0 Å². The van der Waals surface area contributed by atoms with Crippen molar-refractivity contribution >= 4 is 11.1 Å². The summed E-state index contributed by atoms with van der Waals surface area (Å²) in [6, 6.07) is 12.7. The molecule has 1 atom stereocenters. The minimum Gasteiger partial charge on any atom is -0.400 e. The van der Waals surface area contributed by atoms with Gasteiger partial charge >= 0.3 is 0 Å². The average molecular weight is 272 g/mol. The van der Waals surface area contributed by atoms with Crippen LogP contribution in [-0.2, 0) is 17.5 Å². The molecule has 0 fully saturated rings. The summed E-state index contributed by atoms with van der Waals surface area (Å²) in [5, 5.41) is 0. The van der Waals surface area contributed by atoms with Gasteiger partial charge in [0.2, 0.25) is 11.1 Å². The van der Waals surface area contributed by atoms with E-state index in [1.807, 2.05) is 6.07 Å². The Kier molecular flexibility index (Phi) is 3.15. The van der Waals surface area contributed by atoms with E-state index in [-0.39, 0.29) is 0 Å². The third-order valence-electron chi connectivity index (χ3n) is 3.34. The maximum absolute atomic E-state index is 11.5. The zero-order chi connectivity index (χ0) is 13.4. The van der Waals surface area contributed by atoms with Gasteiger partial charge < -0.3 is 4.18 Å². The molecule has 0 aliphatic carbocycles. The molecule has 0 amide bonds. The molecule has 0 spiro atoms. The molecule has 2 aromatic rings. The molecule has 2 aromatic carbocycles. The Morgan fingerprint density at radius 3 is 2.47 bits per heavy atom. The molecule has 0 saturated carbocycles. The SMILES string of the molecule is Cc1cc(C)cc(-c2ccc3c(c2)OS(=O)CC3)c1. The predicted octanol–water partition coefficient (Wildman–Crippen LogP) is 3.57. The molecular formula is C16H16O2S. The van der Waals surface area contributed by atoms with Crippen molar-refractivity contribution in [2.75, 3.05) is 5.75 Å². The summed E-state index contributed by atoms with van der Waals surface area (Å²) in [4.78, 5) is 0. The molecule has 0 radical (unpaired) electrons. The van der Waals surface area contributed by atoms with E-state index < -0.39 is 11.1 Å². The Hall–Kier alpha value is -1.61. The van der Waals surface area contributed by atoms with Crippen LogP contribution in [0.25, 0.3) is 11.1 Å². The van der Waals surface area contributed by atoms with Crippen molar-refractivity contribution in [3.63, 3.8) is 0 Å². The Labute approximate surface area is 116 Å². The maximum Gasteiger partial charge on any atom is 0.206 e. The van der Waals surface area contributed by atoms with Gasteiger partial charge in [0.05, 0.1) is 5.75 Å². The van der Waals surface area contributed by atoms with Crippen molar-refractivity contribution in [2.24, 2.45) is 0 Å². The van der Waals surface area contributed by atoms with Crippen LogP contribution in [0.5, 0.6) is 5.75 Å². The second kappa shape index (κ2) is 4.82. The highest BCUT2D eigenvalue weighted by Gasteiger charge is 2.16. The van der Waals surface area contributed by atoms with Gasteiger partial charge in [0.25, 0.3) is 0 Å². The van der Waals surface area contributed by atoms with Crippen LogP contribution in [0.15, 0.2) is 36.4 Å². The molecule has 1 aliphatic heterocycles. The second-order valence-electron chi connectivity index (χ2n) is 5.04. The highest BCUT2D eigenvalue weighted by Crippen LogP contribution is 2.31. The molecule has 0 aromatic heterocycles. The maximum atomic E-state index is 11.5. The molecule has 3 rings (SSSR count). The predicted molar refractivity (Wildman–Crippen MR) is 78.7 cm³/mol. The van der Waals surface area contributed by atoms with Gasteiger partial charge in [-0.05, 0) is 43.0 Å². The minimum atomic E-state index is -1.18. The summed E-state index contributed by atoms with van der Waals surface area (Å²) in [7, 11) is 0. The fraction of sp³-hybridized carbons (Fsp3) is 0.250. The summed E-state index contributed by atoms with van der Waals surface area (Å²) in [5.74, 6) is 1.36. The fourth-order valence-corrected chi connectivity index (χ4v) is 3.32. The Morgan fingerprint density at radius 2 is 1.74 bits per heavy atom. The molecule has 3 heteroatoms. The summed E-state index contributed by atoms with van der Waals surface area (Å²) < 4.78 is 16.9. The number of aryl methyl sites for hydroxylation is 3. The molecule has 19 heavy (non-hydrogen) atoms. The molecule has 1 aliphatic rings. The normalized spacial score (nSPS) is 17.7. The van der Waals surface area contributed by atoms with Gasteiger partial charge in [0.15, 0.2) is 0 Å². The number of fused-ring (bicyclic) bond motifs is 1. The Morgan fingerprint density at radius 1 is 1.00 bits per heavy atom. The van der Waals surface area contributed by atoms with E-state index in [4.69, 9.17) is 4.18 Å². The third kappa shape index (κ3) is 2.56. The van der Waals surface area contributed by atoms with Crippen molar-refractivity contribution in [3.8, 4) is 16.9 Å². The molecule has 98 valence electrons. The van der Waals surface area contributed by atoms with Gasteiger partial charge in [0, 0.05) is 0 Å². The number of hydrogen-bond acceptors (Lipinski definition) is 2. The van der Waals surface area contributed by atoms with E-state index in [9.17, 15) is 4.21 Å². The second-order valence-corrected chi connectivity index (χ2v) is 6.22. The van der Waals surface area contributed by atoms with Gasteiger partial charge in [-0.2, -0.15) is 0 Å². The molecule has 2 nitrogen and oxygen atoms in total. The zero-order valence-electron chi connectivity index (χ0n) is 11.1. The molecule has 1 unspecified atom stereocenters. The Balaban J connectivity index is 2.06. The van der Waals surface area contributed by atoms with E-state index in [1.54, 1.807) is 0 Å². The van der Waals surface area contributed by atoms with Crippen LogP contribution in [0.3, 0.4) is 0 Å². The summed E-state index contributed by atoms with van der Waals surface area (Å²) in [6.07, 6.45) is 0.828. The van der Waals surface area contributed by atoms with Crippen molar-refractivity contribution in [3.05, 3.63) is 53.1 Å². The lowest BCUT2D eigenvalue weighted by Crippen LogP contribution is -2.14. The van der Waals surface area contributed by atoms with Crippen molar-refractivity contribution < 1.29 is 8.39 Å². The van der Waals surface area contributed by atoms with Crippen LogP contribution in [0.4, 0.5) is 0 Å². The van der Waals surface area contributed by atoms with E-state index in [2.05, 4.69) is 44.2 Å². The van der Waals surface area contributed by atoms with Crippen LogP contribution in [0.1, 0.15) is 16.7 Å². The van der Waals surface area contributed by atoms with Crippen LogP contribution >= 0.6 is 0 Å². The zero-order valence-corrected chi connectivity index (χ0v) is 11.9. The third-order valence-corrected chi connectivity index (χ3v) is 4.25. The molecule has 0 bridgehead atoms. The first-order valence-electron chi connectivity index (χ1n) is 6.40. The average Bonchev–Trinajstić information content (AvgIpc) is 2.36. The van der Waals surface area contributed by atoms with Crippen molar-refractivity contribution in [1.29, 1.82) is 0 Å². The molecule has 0 saturated heterocycles. The first-order valence-corrected chi connectivity index (χ1v) is 7.64. The minimum absolute atomic E-state index is 0.593. The lowest BCUT2D eigenvalue weighted by Gasteiger charge is -2.17. The number of hydrogen-bond donors (Lipinski definition) is 0. The standard InChI is InChI=1S/C16H16O2S/c1-11-7-12(2)9-15(8-11)14-4-3-13-5-6-19(17)18-16(13)10-14/h3-4,7-10H,5-6H2,1-2H3. The van der Waals surface area contributed by atoms with Crippen molar-refractivity contribution in [2.45, 2.75) is 20.3 Å². The highest BCUT2D eigenvalue weighted by molar-refractivity contribution is 7.80. The number of benzene rings is 2. The van der Waals surface area contributed by atoms with Gasteiger partial charge in [-0.1, -0.05) is 41.5 Å². The number of rotatable bonds is 1. The van der Waals surface area contributed by atoms with Gasteiger partial charge in [-0.15, -0.1) is 0 Å². The van der Waals surface area contributed by atoms with E-state index in [0.29, 0.717) is 5.75 Å². The molecular weight excluding hydrogens is 256 g/mol. The van der Waals surface area contributed by atoms with Crippen LogP contribution < -0.4 is 4.18 Å². The summed E-state index contributed by atoms with van der Waals surface area (Å²) in [5.41, 5.74) is 5.94. The van der Waals surface area contributed by atoms with Crippen LogP contribution in [-0.4, -0.2) is 9.96 Å². The molecule has 1 heterocycles. The first-order chi connectivity index (χ1) is 9.11. The summed E-state index contributed by atoms with van der Waals surface area (Å²) in [6.45, 7) is 4.20. The van der Waals surface area contributed by atoms with E-state index in [0.717, 1.165) is 23.3 Å². The van der Waals surface area contributed by atoms with Gasteiger partial charge in [0.1, 0.15) is 5.75 Å². The van der Waals surface area contributed by atoms with E-state index in [1.165, 1.54) is 16.7 Å². The monoisotopic (exact) mass is 272 g/mol. The van der Waals surface area contributed by atoms with E-state index >= 15 is 0 Å². The summed E-state index contributed by atoms with van der Waals surface area (Å²) >= 11 is -1.18. The lowest BCUT2D eigenvalue weighted by molar-refractivity contribution is 0.545.